The highest BCUT2D eigenvalue weighted by molar-refractivity contribution is 6.39. The smallest absolute Gasteiger partial charge is 0.313 e. The molecule has 0 bridgehead atoms. The van der Waals surface area contributed by atoms with Crippen LogP contribution in [0.25, 0.3) is 0 Å². The van der Waals surface area contributed by atoms with Gasteiger partial charge in [-0.3, -0.25) is 19.7 Å². The molecule has 0 spiro atoms. The standard InChI is InChI=1S/C18H18ClN3O6/c1-27-15-6-3-11(9-16(15)28-2)7-8-20-17(23)18(24)21-12-4-5-13(19)14(10-12)22(25)26/h3-6,9-10H,7-8H2,1-2H3,(H,20,23)(H,21,24). The van der Waals surface area contributed by atoms with Crippen molar-refractivity contribution >= 4 is 34.8 Å². The molecule has 0 aliphatic heterocycles. The van der Waals surface area contributed by atoms with Crippen molar-refractivity contribution in [3.05, 3.63) is 57.1 Å². The number of nitrogens with one attached hydrogen (secondary N) is 2. The summed E-state index contributed by atoms with van der Waals surface area (Å²) >= 11 is 5.71. The van der Waals surface area contributed by atoms with Crippen molar-refractivity contribution in [2.75, 3.05) is 26.1 Å². The number of hydrogen-bond donors (Lipinski definition) is 2. The molecule has 0 fully saturated rings. The molecule has 2 rings (SSSR count). The largest absolute Gasteiger partial charge is 0.493 e. The van der Waals surface area contributed by atoms with Gasteiger partial charge in [-0.05, 0) is 36.2 Å². The molecule has 148 valence electrons. The van der Waals surface area contributed by atoms with E-state index >= 15 is 0 Å². The second-order valence-electron chi connectivity index (χ2n) is 5.57. The van der Waals surface area contributed by atoms with Crippen molar-refractivity contribution in [3.63, 3.8) is 0 Å². The summed E-state index contributed by atoms with van der Waals surface area (Å²) in [5.41, 5.74) is 0.608. The number of nitrogens with zero attached hydrogens (tertiary/aromatic N) is 1. The zero-order chi connectivity index (χ0) is 20.7. The van der Waals surface area contributed by atoms with Gasteiger partial charge in [-0.1, -0.05) is 17.7 Å². The van der Waals surface area contributed by atoms with Gasteiger partial charge in [0.05, 0.1) is 19.1 Å². The van der Waals surface area contributed by atoms with Crippen molar-refractivity contribution in [3.8, 4) is 11.5 Å². The average molecular weight is 408 g/mol. The van der Waals surface area contributed by atoms with Crippen LogP contribution in [0, 0.1) is 10.1 Å². The Labute approximate surface area is 165 Å². The number of carbonyl (C=O) groups excluding carboxylic acids is 2. The fourth-order valence-corrected chi connectivity index (χ4v) is 2.54. The van der Waals surface area contributed by atoms with Gasteiger partial charge in [-0.2, -0.15) is 0 Å². The lowest BCUT2D eigenvalue weighted by atomic mass is 10.1. The maximum Gasteiger partial charge on any atom is 0.313 e. The van der Waals surface area contributed by atoms with Crippen molar-refractivity contribution < 1.29 is 24.0 Å². The first-order valence-electron chi connectivity index (χ1n) is 8.09. The molecule has 10 heteroatoms. The molecular weight excluding hydrogens is 390 g/mol. The highest BCUT2D eigenvalue weighted by Crippen LogP contribution is 2.28. The molecule has 0 saturated carbocycles. The number of ether oxygens (including phenoxy) is 2. The zero-order valence-corrected chi connectivity index (χ0v) is 15.9. The van der Waals surface area contributed by atoms with E-state index in [4.69, 9.17) is 21.1 Å². The molecular formula is C18H18ClN3O6. The maximum atomic E-state index is 11.9. The summed E-state index contributed by atoms with van der Waals surface area (Å²) < 4.78 is 10.4. The van der Waals surface area contributed by atoms with Crippen LogP contribution in [0.4, 0.5) is 11.4 Å². The van der Waals surface area contributed by atoms with Gasteiger partial charge in [0.1, 0.15) is 5.02 Å². The Bertz CT molecular complexity index is 903. The molecule has 9 nitrogen and oxygen atoms in total. The lowest BCUT2D eigenvalue weighted by molar-refractivity contribution is -0.384. The summed E-state index contributed by atoms with van der Waals surface area (Å²) in [4.78, 5) is 34.1. The normalized spacial score (nSPS) is 10.1. The number of amides is 2. The van der Waals surface area contributed by atoms with Gasteiger partial charge >= 0.3 is 11.8 Å². The van der Waals surface area contributed by atoms with Crippen LogP contribution in [0.2, 0.25) is 5.02 Å². The van der Waals surface area contributed by atoms with E-state index in [-0.39, 0.29) is 22.9 Å². The third-order valence-corrected chi connectivity index (χ3v) is 4.07. The van der Waals surface area contributed by atoms with E-state index in [2.05, 4.69) is 10.6 Å². The van der Waals surface area contributed by atoms with Gasteiger partial charge in [0.25, 0.3) is 5.69 Å². The van der Waals surface area contributed by atoms with E-state index in [0.717, 1.165) is 11.6 Å². The summed E-state index contributed by atoms with van der Waals surface area (Å²) in [5.74, 6) is -0.651. The Hall–Kier alpha value is -3.33. The predicted molar refractivity (Wildman–Crippen MR) is 103 cm³/mol. The Kier molecular flexibility index (Phi) is 7.16. The maximum absolute atomic E-state index is 11.9. The summed E-state index contributed by atoms with van der Waals surface area (Å²) in [6.45, 7) is 0.211. The van der Waals surface area contributed by atoms with Crippen LogP contribution < -0.4 is 20.1 Å². The number of nitro groups is 1. The number of anilines is 1. The van der Waals surface area contributed by atoms with Gasteiger partial charge < -0.3 is 20.1 Å². The number of nitro benzene ring substituents is 1. The fraction of sp³-hybridized carbons (Fsp3) is 0.222. The van der Waals surface area contributed by atoms with Gasteiger partial charge in [0.2, 0.25) is 0 Å². The van der Waals surface area contributed by atoms with Gasteiger partial charge in [-0.15, -0.1) is 0 Å². The molecule has 0 saturated heterocycles. The highest BCUT2D eigenvalue weighted by atomic mass is 35.5. The number of methoxy groups -OCH3 is 2. The third-order valence-electron chi connectivity index (χ3n) is 3.75. The minimum absolute atomic E-state index is 0.0672. The van der Waals surface area contributed by atoms with Gasteiger partial charge in [-0.25, -0.2) is 0 Å². The molecule has 0 heterocycles. The number of hydrogen-bond acceptors (Lipinski definition) is 6. The van der Waals surface area contributed by atoms with Crippen molar-refractivity contribution in [2.45, 2.75) is 6.42 Å². The summed E-state index contributed by atoms with van der Waals surface area (Å²) in [7, 11) is 3.06. The number of halogens is 1. The molecule has 0 atom stereocenters. The Balaban J connectivity index is 1.90. The topological polar surface area (TPSA) is 120 Å². The molecule has 2 N–H and O–H groups in total. The lowest BCUT2D eigenvalue weighted by Crippen LogP contribution is -2.36. The molecule has 0 unspecified atom stereocenters. The molecule has 0 radical (unpaired) electrons. The molecule has 28 heavy (non-hydrogen) atoms. The molecule has 2 aromatic rings. The quantitative estimate of drug-likeness (QED) is 0.413. The monoisotopic (exact) mass is 407 g/mol. The molecule has 0 aliphatic rings. The number of rotatable bonds is 7. The zero-order valence-electron chi connectivity index (χ0n) is 15.2. The fourth-order valence-electron chi connectivity index (χ4n) is 2.35. The van der Waals surface area contributed by atoms with Gasteiger partial charge in [0, 0.05) is 18.3 Å². The average Bonchev–Trinajstić information content (AvgIpc) is 2.68. The van der Waals surface area contributed by atoms with E-state index in [1.807, 2.05) is 6.07 Å². The van der Waals surface area contributed by atoms with Crippen LogP contribution in [0.3, 0.4) is 0 Å². The van der Waals surface area contributed by atoms with Crippen molar-refractivity contribution in [2.24, 2.45) is 0 Å². The second kappa shape index (κ2) is 9.56. The van der Waals surface area contributed by atoms with Crippen LogP contribution in [0.1, 0.15) is 5.56 Å². The number of benzene rings is 2. The first kappa shape index (κ1) is 21.0. The Morgan fingerprint density at radius 1 is 1.07 bits per heavy atom. The first-order valence-corrected chi connectivity index (χ1v) is 8.47. The third kappa shape index (κ3) is 5.34. The van der Waals surface area contributed by atoms with Crippen LogP contribution >= 0.6 is 11.6 Å². The molecule has 2 amide bonds. The predicted octanol–water partition coefficient (Wildman–Crippen LogP) is 2.56. The van der Waals surface area contributed by atoms with E-state index in [1.165, 1.54) is 26.4 Å². The highest BCUT2D eigenvalue weighted by Gasteiger charge is 2.17. The van der Waals surface area contributed by atoms with Crippen LogP contribution in [0.5, 0.6) is 11.5 Å². The summed E-state index contributed by atoms with van der Waals surface area (Å²) in [6.07, 6.45) is 0.464. The van der Waals surface area contributed by atoms with Crippen LogP contribution in [-0.4, -0.2) is 37.5 Å². The molecule has 0 aromatic heterocycles. The minimum Gasteiger partial charge on any atom is -0.493 e. The van der Waals surface area contributed by atoms with E-state index in [1.54, 1.807) is 12.1 Å². The second-order valence-corrected chi connectivity index (χ2v) is 5.98. The number of carbonyl (C=O) groups is 2. The minimum atomic E-state index is -0.941. The van der Waals surface area contributed by atoms with Crippen molar-refractivity contribution in [1.82, 2.24) is 5.32 Å². The molecule has 2 aromatic carbocycles. The SMILES string of the molecule is COc1ccc(CCNC(=O)C(=O)Nc2ccc(Cl)c([N+](=O)[O-])c2)cc1OC. The van der Waals surface area contributed by atoms with E-state index < -0.39 is 16.7 Å². The summed E-state index contributed by atoms with van der Waals surface area (Å²) in [5, 5.41) is 15.6. The van der Waals surface area contributed by atoms with Crippen LogP contribution in [-0.2, 0) is 16.0 Å². The van der Waals surface area contributed by atoms with Crippen molar-refractivity contribution in [1.29, 1.82) is 0 Å². The van der Waals surface area contributed by atoms with E-state index in [0.29, 0.717) is 17.9 Å². The van der Waals surface area contributed by atoms with E-state index in [9.17, 15) is 19.7 Å². The van der Waals surface area contributed by atoms with Gasteiger partial charge in [0.15, 0.2) is 11.5 Å². The Morgan fingerprint density at radius 2 is 1.79 bits per heavy atom. The molecule has 0 aliphatic carbocycles. The lowest BCUT2D eigenvalue weighted by Gasteiger charge is -2.10. The first-order chi connectivity index (χ1) is 13.3. The van der Waals surface area contributed by atoms with Crippen LogP contribution in [0.15, 0.2) is 36.4 Å². The summed E-state index contributed by atoms with van der Waals surface area (Å²) in [6, 6.07) is 9.06. The Morgan fingerprint density at radius 3 is 2.43 bits per heavy atom.